The smallest absolute Gasteiger partial charge is 0.303 e. The van der Waals surface area contributed by atoms with Gasteiger partial charge in [0.2, 0.25) is 5.78 Å². The Labute approximate surface area is 181 Å². The van der Waals surface area contributed by atoms with Crippen LogP contribution < -0.4 is 0 Å². The van der Waals surface area contributed by atoms with Crippen LogP contribution in [-0.2, 0) is 19.1 Å². The van der Waals surface area contributed by atoms with E-state index >= 15 is 0 Å². The Balaban J connectivity index is 1.73. The molecule has 0 bridgehead atoms. The molecule has 0 heterocycles. The van der Waals surface area contributed by atoms with Crippen molar-refractivity contribution in [2.45, 2.75) is 76.8 Å². The van der Waals surface area contributed by atoms with Gasteiger partial charge in [-0.3, -0.25) is 14.4 Å². The summed E-state index contributed by atoms with van der Waals surface area (Å²) in [6.45, 7) is 4.31. The van der Waals surface area contributed by atoms with Gasteiger partial charge in [-0.25, -0.2) is 0 Å². The zero-order valence-corrected chi connectivity index (χ0v) is 18.2. The van der Waals surface area contributed by atoms with Crippen LogP contribution in [0.25, 0.3) is 0 Å². The molecular weight excluding hydrogens is 404 g/mol. The fourth-order valence-electron chi connectivity index (χ4n) is 7.44. The minimum Gasteiger partial charge on any atom is -0.458 e. The van der Waals surface area contributed by atoms with Crippen molar-refractivity contribution in [2.24, 2.45) is 28.6 Å². The molecular formula is C23H32O8. The predicted octanol–water partition coefficient (Wildman–Crippen LogP) is 0.294. The zero-order chi connectivity index (χ0) is 22.9. The van der Waals surface area contributed by atoms with Crippen LogP contribution in [0.2, 0.25) is 0 Å². The first-order valence-corrected chi connectivity index (χ1v) is 11.0. The first kappa shape index (κ1) is 22.6. The topological polar surface area (TPSA) is 141 Å². The molecule has 0 aliphatic heterocycles. The summed E-state index contributed by atoms with van der Waals surface area (Å²) >= 11 is 0. The van der Waals surface area contributed by atoms with Crippen LogP contribution in [0.15, 0.2) is 11.6 Å². The quantitative estimate of drug-likeness (QED) is 0.463. The van der Waals surface area contributed by atoms with Gasteiger partial charge in [0.15, 0.2) is 12.4 Å². The lowest BCUT2D eigenvalue weighted by Gasteiger charge is -2.62. The highest BCUT2D eigenvalue weighted by Gasteiger charge is 2.70. The number of ether oxygens (including phenoxy) is 1. The van der Waals surface area contributed by atoms with Crippen LogP contribution in [0.4, 0.5) is 0 Å². The highest BCUT2D eigenvalue weighted by molar-refractivity contribution is 5.92. The van der Waals surface area contributed by atoms with Gasteiger partial charge in [-0.05, 0) is 60.5 Å². The number of aliphatic hydroxyl groups is 4. The Morgan fingerprint density at radius 2 is 1.87 bits per heavy atom. The van der Waals surface area contributed by atoms with Gasteiger partial charge in [-0.1, -0.05) is 13.8 Å². The maximum absolute atomic E-state index is 12.9. The lowest BCUT2D eigenvalue weighted by atomic mass is 9.44. The van der Waals surface area contributed by atoms with E-state index in [-0.39, 0.29) is 24.5 Å². The van der Waals surface area contributed by atoms with Crippen LogP contribution in [0.5, 0.6) is 0 Å². The molecule has 0 spiro atoms. The summed E-state index contributed by atoms with van der Waals surface area (Å²) in [4.78, 5) is 36.1. The standard InChI is InChI=1S/C23H32O8/c1-11(24)31-10-16(27)23(30)7-5-13-17-18(15(26)9-22(13,23)3)21(2)6-4-12(25)8-14(21)19(28)20(17)29/h8,13,15,17-20,26,28-30H,4-7,9-10H2,1-3H3/t13-,15-,17-,18-,19-,20+,21-,22-,23-/m0/s1. The van der Waals surface area contributed by atoms with Gasteiger partial charge in [0.05, 0.1) is 12.2 Å². The van der Waals surface area contributed by atoms with Crippen molar-refractivity contribution < 1.29 is 39.5 Å². The van der Waals surface area contributed by atoms with Gasteiger partial charge in [-0.15, -0.1) is 0 Å². The monoisotopic (exact) mass is 436 g/mol. The summed E-state index contributed by atoms with van der Waals surface area (Å²) in [7, 11) is 0. The zero-order valence-electron chi connectivity index (χ0n) is 18.2. The van der Waals surface area contributed by atoms with E-state index in [4.69, 9.17) is 4.74 Å². The van der Waals surface area contributed by atoms with Crippen molar-refractivity contribution in [1.82, 2.24) is 0 Å². The molecule has 172 valence electrons. The Morgan fingerprint density at radius 1 is 1.19 bits per heavy atom. The maximum atomic E-state index is 12.9. The first-order chi connectivity index (χ1) is 14.4. The third-order valence-corrected chi connectivity index (χ3v) is 9.01. The van der Waals surface area contributed by atoms with Crippen molar-refractivity contribution in [3.8, 4) is 0 Å². The lowest BCUT2D eigenvalue weighted by Crippen LogP contribution is -2.67. The summed E-state index contributed by atoms with van der Waals surface area (Å²) in [5.74, 6) is -2.61. The van der Waals surface area contributed by atoms with Crippen LogP contribution in [0.3, 0.4) is 0 Å². The number of rotatable bonds is 3. The number of esters is 1. The summed E-state index contributed by atoms with van der Waals surface area (Å²) in [6, 6.07) is 0. The predicted molar refractivity (Wildman–Crippen MR) is 107 cm³/mol. The third-order valence-electron chi connectivity index (χ3n) is 9.01. The number of fused-ring (bicyclic) bond motifs is 5. The molecule has 0 saturated heterocycles. The fraction of sp³-hybridized carbons (Fsp3) is 0.783. The largest absolute Gasteiger partial charge is 0.458 e. The Kier molecular flexibility index (Phi) is 5.24. The first-order valence-electron chi connectivity index (χ1n) is 11.0. The maximum Gasteiger partial charge on any atom is 0.303 e. The van der Waals surface area contributed by atoms with Crippen LogP contribution in [0.1, 0.15) is 52.9 Å². The fourth-order valence-corrected chi connectivity index (χ4v) is 7.44. The van der Waals surface area contributed by atoms with Gasteiger partial charge in [-0.2, -0.15) is 0 Å². The average molecular weight is 437 g/mol. The molecule has 3 fully saturated rings. The van der Waals surface area contributed by atoms with E-state index in [1.54, 1.807) is 6.92 Å². The number of aliphatic hydroxyl groups excluding tert-OH is 3. The van der Waals surface area contributed by atoms with Gasteiger partial charge >= 0.3 is 5.97 Å². The van der Waals surface area contributed by atoms with E-state index in [0.717, 1.165) is 0 Å². The second-order valence-electron chi connectivity index (χ2n) is 10.4. The number of ketones is 2. The van der Waals surface area contributed by atoms with E-state index in [1.807, 2.05) is 6.92 Å². The summed E-state index contributed by atoms with van der Waals surface area (Å²) in [5.41, 5.74) is -3.03. The minimum atomic E-state index is -1.80. The van der Waals surface area contributed by atoms with Crippen LogP contribution in [-0.4, -0.2) is 68.5 Å². The summed E-state index contributed by atoms with van der Waals surface area (Å²) in [5, 5.41) is 44.8. The molecule has 0 unspecified atom stereocenters. The molecule has 4 rings (SSSR count). The molecule has 0 aromatic carbocycles. The van der Waals surface area contributed by atoms with Crippen molar-refractivity contribution >= 4 is 17.5 Å². The molecule has 4 N–H and O–H groups in total. The van der Waals surface area contributed by atoms with Gasteiger partial charge in [0, 0.05) is 18.8 Å². The summed E-state index contributed by atoms with van der Waals surface area (Å²) in [6.07, 6.45) is -0.501. The molecule has 0 aromatic rings. The molecule has 0 radical (unpaired) electrons. The summed E-state index contributed by atoms with van der Waals surface area (Å²) < 4.78 is 4.83. The van der Waals surface area contributed by atoms with Crippen molar-refractivity contribution in [3.63, 3.8) is 0 Å². The average Bonchev–Trinajstić information content (AvgIpc) is 2.96. The highest BCUT2D eigenvalue weighted by Crippen LogP contribution is 2.67. The van der Waals surface area contributed by atoms with Gasteiger partial charge in [0.1, 0.15) is 11.7 Å². The van der Waals surface area contributed by atoms with E-state index in [0.29, 0.717) is 24.8 Å². The SMILES string of the molecule is CC(=O)OCC(=O)[C@@]1(O)CC[C@H]2[C@@H]3[C@@H](O)[C@@H](O)C4=CC(=O)CC[C@]4(C)[C@H]3[C@@H](O)C[C@@]21C. The van der Waals surface area contributed by atoms with E-state index in [2.05, 4.69) is 0 Å². The molecule has 0 amide bonds. The number of Topliss-reactive ketones (excluding diaryl/α,β-unsaturated/α-hetero) is 1. The van der Waals surface area contributed by atoms with Crippen molar-refractivity contribution in [2.75, 3.05) is 6.61 Å². The number of carbonyl (C=O) groups is 3. The van der Waals surface area contributed by atoms with Crippen molar-refractivity contribution in [1.29, 1.82) is 0 Å². The number of hydrogen-bond donors (Lipinski definition) is 4. The molecule has 8 nitrogen and oxygen atoms in total. The molecule has 3 saturated carbocycles. The van der Waals surface area contributed by atoms with Crippen LogP contribution in [0, 0.1) is 28.6 Å². The third kappa shape index (κ3) is 2.98. The van der Waals surface area contributed by atoms with Crippen molar-refractivity contribution in [3.05, 3.63) is 11.6 Å². The van der Waals surface area contributed by atoms with E-state index < -0.39 is 64.9 Å². The normalized spacial score (nSPS) is 48.9. The Morgan fingerprint density at radius 3 is 2.52 bits per heavy atom. The lowest BCUT2D eigenvalue weighted by molar-refractivity contribution is -0.211. The highest BCUT2D eigenvalue weighted by atomic mass is 16.5. The molecule has 31 heavy (non-hydrogen) atoms. The second-order valence-corrected chi connectivity index (χ2v) is 10.4. The Hall–Kier alpha value is -1.61. The number of carbonyl (C=O) groups excluding carboxylic acids is 3. The number of hydrogen-bond acceptors (Lipinski definition) is 8. The van der Waals surface area contributed by atoms with E-state index in [1.165, 1.54) is 13.0 Å². The van der Waals surface area contributed by atoms with Gasteiger partial charge in [0.25, 0.3) is 0 Å². The molecule has 4 aliphatic rings. The Bertz CT molecular complexity index is 851. The molecule has 4 aliphatic carbocycles. The second kappa shape index (κ2) is 7.20. The molecule has 8 heteroatoms. The van der Waals surface area contributed by atoms with Crippen LogP contribution >= 0.6 is 0 Å². The van der Waals surface area contributed by atoms with Gasteiger partial charge < -0.3 is 25.2 Å². The minimum absolute atomic E-state index is 0.0985. The molecule has 0 aromatic heterocycles. The molecule has 9 atom stereocenters. The van der Waals surface area contributed by atoms with E-state index in [9.17, 15) is 34.8 Å².